The topological polar surface area (TPSA) is 62.3 Å². The van der Waals surface area contributed by atoms with Crippen molar-refractivity contribution in [3.8, 4) is 11.5 Å². The van der Waals surface area contributed by atoms with E-state index in [0.717, 1.165) is 32.4 Å². The summed E-state index contributed by atoms with van der Waals surface area (Å²) in [5, 5.41) is 0. The van der Waals surface area contributed by atoms with Crippen LogP contribution in [0.4, 0.5) is 0 Å². The third kappa shape index (κ3) is 5.96. The number of rotatable bonds is 7. The van der Waals surface area contributed by atoms with E-state index < -0.39 is 0 Å². The Labute approximate surface area is 208 Å². The molecule has 1 unspecified atom stereocenters. The molecule has 2 amide bonds. The molecule has 2 aromatic carbocycles. The molecular formula is C28H37N3O4. The molecule has 0 radical (unpaired) electrons. The van der Waals surface area contributed by atoms with E-state index in [1.807, 2.05) is 16.7 Å². The molecule has 0 N–H and O–H groups in total. The first-order valence-electron chi connectivity index (χ1n) is 12.6. The first-order valence-corrected chi connectivity index (χ1v) is 12.6. The maximum atomic E-state index is 13.2. The standard InChI is InChI=1S/C28H37N3O4/c1-21(27(32)30-13-11-23(12-14-30)19-22-7-5-4-6-8-22)29-15-17-31(18-16-29)28(33)24-9-10-25(34-2)26(20-24)35-3/h4-10,20-21,23H,11-19H2,1-3H3. The van der Waals surface area contributed by atoms with Gasteiger partial charge in [0.1, 0.15) is 0 Å². The van der Waals surface area contributed by atoms with Gasteiger partial charge in [0.05, 0.1) is 20.3 Å². The Morgan fingerprint density at radius 3 is 2.14 bits per heavy atom. The van der Waals surface area contributed by atoms with Gasteiger partial charge in [0, 0.05) is 44.8 Å². The average molecular weight is 480 g/mol. The predicted molar refractivity (Wildman–Crippen MR) is 136 cm³/mol. The van der Waals surface area contributed by atoms with Gasteiger partial charge in [0.15, 0.2) is 11.5 Å². The molecule has 7 heteroatoms. The lowest BCUT2D eigenvalue weighted by Crippen LogP contribution is -2.56. The lowest BCUT2D eigenvalue weighted by Gasteiger charge is -2.40. The normalized spacial score (nSPS) is 18.3. The van der Waals surface area contributed by atoms with Crippen molar-refractivity contribution in [2.24, 2.45) is 5.92 Å². The lowest BCUT2D eigenvalue weighted by atomic mass is 9.90. The van der Waals surface area contributed by atoms with Crippen molar-refractivity contribution in [2.75, 3.05) is 53.5 Å². The van der Waals surface area contributed by atoms with Gasteiger partial charge in [0.25, 0.3) is 5.91 Å². The molecule has 2 aromatic rings. The fourth-order valence-electron chi connectivity index (χ4n) is 5.19. The monoisotopic (exact) mass is 479 g/mol. The summed E-state index contributed by atoms with van der Waals surface area (Å²) in [4.78, 5) is 32.3. The third-order valence-electron chi connectivity index (χ3n) is 7.43. The van der Waals surface area contributed by atoms with E-state index in [0.29, 0.717) is 49.2 Å². The molecule has 2 aliphatic rings. The van der Waals surface area contributed by atoms with Crippen molar-refractivity contribution in [2.45, 2.75) is 32.2 Å². The Balaban J connectivity index is 1.25. The van der Waals surface area contributed by atoms with Crippen LogP contribution in [-0.2, 0) is 11.2 Å². The average Bonchev–Trinajstić information content (AvgIpc) is 2.92. The molecule has 0 spiro atoms. The number of benzene rings is 2. The number of carbonyl (C=O) groups is 2. The molecule has 2 fully saturated rings. The zero-order valence-electron chi connectivity index (χ0n) is 21.1. The number of amides is 2. The summed E-state index contributed by atoms with van der Waals surface area (Å²) < 4.78 is 10.6. The lowest BCUT2D eigenvalue weighted by molar-refractivity contribution is -0.138. The predicted octanol–water partition coefficient (Wildman–Crippen LogP) is 3.33. The second-order valence-electron chi connectivity index (χ2n) is 9.53. The first kappa shape index (κ1) is 25.0. The Kier molecular flexibility index (Phi) is 8.29. The van der Waals surface area contributed by atoms with E-state index in [4.69, 9.17) is 9.47 Å². The van der Waals surface area contributed by atoms with Crippen molar-refractivity contribution in [3.63, 3.8) is 0 Å². The first-order chi connectivity index (χ1) is 17.0. The summed E-state index contributed by atoms with van der Waals surface area (Å²) in [7, 11) is 3.14. The minimum absolute atomic E-state index is 0.0231. The quantitative estimate of drug-likeness (QED) is 0.610. The van der Waals surface area contributed by atoms with E-state index in [9.17, 15) is 9.59 Å². The van der Waals surface area contributed by atoms with E-state index in [1.165, 1.54) is 5.56 Å². The number of hydrogen-bond donors (Lipinski definition) is 0. The molecule has 35 heavy (non-hydrogen) atoms. The zero-order valence-corrected chi connectivity index (χ0v) is 21.1. The van der Waals surface area contributed by atoms with Crippen LogP contribution in [-0.4, -0.2) is 86.0 Å². The number of nitrogens with zero attached hydrogens (tertiary/aromatic N) is 3. The summed E-state index contributed by atoms with van der Waals surface area (Å²) in [5.41, 5.74) is 1.96. The van der Waals surface area contributed by atoms with E-state index >= 15 is 0 Å². The molecular weight excluding hydrogens is 442 g/mol. The smallest absolute Gasteiger partial charge is 0.254 e. The van der Waals surface area contributed by atoms with Crippen LogP contribution in [0.2, 0.25) is 0 Å². The SMILES string of the molecule is COc1ccc(C(=O)N2CCN(C(C)C(=O)N3CCC(Cc4ccccc4)CC3)CC2)cc1OC. The molecule has 0 aromatic heterocycles. The zero-order chi connectivity index (χ0) is 24.8. The van der Waals surface area contributed by atoms with Crippen LogP contribution in [0.15, 0.2) is 48.5 Å². The van der Waals surface area contributed by atoms with E-state index in [1.54, 1.807) is 32.4 Å². The number of likely N-dealkylation sites (tertiary alicyclic amines) is 1. The second-order valence-corrected chi connectivity index (χ2v) is 9.53. The molecule has 4 rings (SSSR count). The van der Waals surface area contributed by atoms with Gasteiger partial charge >= 0.3 is 0 Å². The number of ether oxygens (including phenoxy) is 2. The van der Waals surface area contributed by atoms with Crippen molar-refractivity contribution in [1.29, 1.82) is 0 Å². The summed E-state index contributed by atoms with van der Waals surface area (Å²) >= 11 is 0. The Morgan fingerprint density at radius 1 is 0.857 bits per heavy atom. The summed E-state index contributed by atoms with van der Waals surface area (Å²) in [5.74, 6) is 1.98. The molecule has 0 aliphatic carbocycles. The van der Waals surface area contributed by atoms with Crippen LogP contribution in [0.5, 0.6) is 11.5 Å². The fraction of sp³-hybridized carbons (Fsp3) is 0.500. The second kappa shape index (κ2) is 11.6. The van der Waals surface area contributed by atoms with Crippen LogP contribution in [0.1, 0.15) is 35.7 Å². The highest BCUT2D eigenvalue weighted by atomic mass is 16.5. The number of methoxy groups -OCH3 is 2. The molecule has 2 aliphatic heterocycles. The Hall–Kier alpha value is -3.06. The molecule has 188 valence electrons. The van der Waals surface area contributed by atoms with Gasteiger partial charge in [-0.05, 0) is 55.9 Å². The number of hydrogen-bond acceptors (Lipinski definition) is 5. The van der Waals surface area contributed by atoms with E-state index in [2.05, 4.69) is 35.2 Å². The Morgan fingerprint density at radius 2 is 1.51 bits per heavy atom. The van der Waals surface area contributed by atoms with Gasteiger partial charge in [-0.3, -0.25) is 14.5 Å². The summed E-state index contributed by atoms with van der Waals surface area (Å²) in [6.07, 6.45) is 3.20. The van der Waals surface area contributed by atoms with Gasteiger partial charge in [0.2, 0.25) is 5.91 Å². The number of carbonyl (C=O) groups excluding carboxylic acids is 2. The van der Waals surface area contributed by atoms with Crippen molar-refractivity contribution in [3.05, 3.63) is 59.7 Å². The van der Waals surface area contributed by atoms with Crippen LogP contribution in [0, 0.1) is 5.92 Å². The minimum atomic E-state index is -0.168. The van der Waals surface area contributed by atoms with Crippen LogP contribution in [0.25, 0.3) is 0 Å². The summed E-state index contributed by atoms with van der Waals surface area (Å²) in [6.45, 7) is 6.25. The van der Waals surface area contributed by atoms with Crippen LogP contribution >= 0.6 is 0 Å². The summed E-state index contributed by atoms with van der Waals surface area (Å²) in [6, 6.07) is 15.7. The highest BCUT2D eigenvalue weighted by Crippen LogP contribution is 2.28. The Bertz CT molecular complexity index is 997. The molecule has 0 bridgehead atoms. The molecule has 0 saturated carbocycles. The van der Waals surface area contributed by atoms with Crippen molar-refractivity contribution >= 4 is 11.8 Å². The van der Waals surface area contributed by atoms with Crippen LogP contribution < -0.4 is 9.47 Å². The van der Waals surface area contributed by atoms with Crippen molar-refractivity contribution < 1.29 is 19.1 Å². The van der Waals surface area contributed by atoms with Crippen molar-refractivity contribution in [1.82, 2.24) is 14.7 Å². The number of piperidine rings is 1. The maximum absolute atomic E-state index is 13.2. The largest absolute Gasteiger partial charge is 0.493 e. The molecule has 2 heterocycles. The molecule has 7 nitrogen and oxygen atoms in total. The molecule has 1 atom stereocenters. The van der Waals surface area contributed by atoms with Gasteiger partial charge in [-0.15, -0.1) is 0 Å². The highest BCUT2D eigenvalue weighted by molar-refractivity contribution is 5.95. The van der Waals surface area contributed by atoms with Gasteiger partial charge in [-0.25, -0.2) is 0 Å². The van der Waals surface area contributed by atoms with Gasteiger partial charge < -0.3 is 19.3 Å². The van der Waals surface area contributed by atoms with Gasteiger partial charge in [-0.1, -0.05) is 30.3 Å². The minimum Gasteiger partial charge on any atom is -0.493 e. The molecule has 2 saturated heterocycles. The fourth-order valence-corrected chi connectivity index (χ4v) is 5.19. The maximum Gasteiger partial charge on any atom is 0.254 e. The van der Waals surface area contributed by atoms with Crippen LogP contribution in [0.3, 0.4) is 0 Å². The van der Waals surface area contributed by atoms with E-state index in [-0.39, 0.29) is 17.9 Å². The number of piperazine rings is 1. The highest BCUT2D eigenvalue weighted by Gasteiger charge is 2.32. The third-order valence-corrected chi connectivity index (χ3v) is 7.43. The van der Waals surface area contributed by atoms with Gasteiger partial charge in [-0.2, -0.15) is 0 Å².